The highest BCUT2D eigenvalue weighted by atomic mass is 16.6. The molecule has 0 bridgehead atoms. The molecule has 0 saturated heterocycles. The van der Waals surface area contributed by atoms with Crippen LogP contribution in [-0.2, 0) is 0 Å². The first-order valence-corrected chi connectivity index (χ1v) is 7.04. The first-order chi connectivity index (χ1) is 9.06. The largest absolute Gasteiger partial charge is 0.310 e. The van der Waals surface area contributed by atoms with E-state index in [-0.39, 0.29) is 16.7 Å². The number of rotatable bonds is 8. The molecule has 1 atom stereocenters. The molecular formula is C15H24N2O2. The van der Waals surface area contributed by atoms with E-state index < -0.39 is 0 Å². The summed E-state index contributed by atoms with van der Waals surface area (Å²) in [4.78, 5) is 10.6. The standard InChI is InChI=1S/C15H24N2O2/c1-4-5-6-7-10-16-13(3)14-9-8-12(2)15(11-14)17(18)19/h8-9,11,13,16H,4-7,10H2,1-3H3. The van der Waals surface area contributed by atoms with Crippen molar-refractivity contribution in [3.63, 3.8) is 0 Å². The Labute approximate surface area is 115 Å². The summed E-state index contributed by atoms with van der Waals surface area (Å²) in [6.07, 6.45) is 4.90. The summed E-state index contributed by atoms with van der Waals surface area (Å²) in [6.45, 7) is 6.98. The number of nitro benzene ring substituents is 1. The molecular weight excluding hydrogens is 240 g/mol. The summed E-state index contributed by atoms with van der Waals surface area (Å²) < 4.78 is 0. The van der Waals surface area contributed by atoms with Crippen LogP contribution in [0.25, 0.3) is 0 Å². The molecule has 1 rings (SSSR count). The fourth-order valence-electron chi connectivity index (χ4n) is 2.08. The molecule has 1 unspecified atom stereocenters. The molecule has 19 heavy (non-hydrogen) atoms. The first-order valence-electron chi connectivity index (χ1n) is 7.04. The van der Waals surface area contributed by atoms with Gasteiger partial charge in [-0.15, -0.1) is 0 Å². The van der Waals surface area contributed by atoms with Gasteiger partial charge in [-0.3, -0.25) is 10.1 Å². The van der Waals surface area contributed by atoms with Gasteiger partial charge in [-0.2, -0.15) is 0 Å². The number of benzene rings is 1. The molecule has 0 aliphatic carbocycles. The average Bonchev–Trinajstić information content (AvgIpc) is 2.38. The molecule has 0 spiro atoms. The highest BCUT2D eigenvalue weighted by molar-refractivity contribution is 5.43. The topological polar surface area (TPSA) is 55.2 Å². The lowest BCUT2D eigenvalue weighted by atomic mass is 10.0. The van der Waals surface area contributed by atoms with Gasteiger partial charge < -0.3 is 5.32 Å². The third-order valence-corrected chi connectivity index (χ3v) is 3.41. The Balaban J connectivity index is 2.55. The molecule has 1 aromatic rings. The van der Waals surface area contributed by atoms with Crippen molar-refractivity contribution in [3.8, 4) is 0 Å². The van der Waals surface area contributed by atoms with Crippen LogP contribution in [0.15, 0.2) is 18.2 Å². The quantitative estimate of drug-likeness (QED) is 0.436. The third kappa shape index (κ3) is 4.99. The molecule has 0 aliphatic rings. The number of nitro groups is 1. The monoisotopic (exact) mass is 264 g/mol. The molecule has 0 aliphatic heterocycles. The van der Waals surface area contributed by atoms with E-state index in [1.165, 1.54) is 19.3 Å². The lowest BCUT2D eigenvalue weighted by Gasteiger charge is -2.14. The van der Waals surface area contributed by atoms with Crippen molar-refractivity contribution in [2.24, 2.45) is 0 Å². The van der Waals surface area contributed by atoms with Crippen molar-refractivity contribution in [1.82, 2.24) is 5.32 Å². The van der Waals surface area contributed by atoms with Gasteiger partial charge in [0, 0.05) is 17.7 Å². The minimum absolute atomic E-state index is 0.154. The van der Waals surface area contributed by atoms with E-state index in [9.17, 15) is 10.1 Å². The predicted molar refractivity (Wildman–Crippen MR) is 78.4 cm³/mol. The Kier molecular flexibility index (Phi) is 6.50. The third-order valence-electron chi connectivity index (χ3n) is 3.41. The van der Waals surface area contributed by atoms with Crippen molar-refractivity contribution >= 4 is 5.69 Å². The van der Waals surface area contributed by atoms with E-state index in [2.05, 4.69) is 12.2 Å². The SMILES string of the molecule is CCCCCCNC(C)c1ccc(C)c([N+](=O)[O-])c1. The first kappa shape index (κ1) is 15.6. The van der Waals surface area contributed by atoms with E-state index in [0.717, 1.165) is 18.5 Å². The number of unbranched alkanes of at least 4 members (excludes halogenated alkanes) is 3. The van der Waals surface area contributed by atoms with E-state index in [4.69, 9.17) is 0 Å². The predicted octanol–water partition coefficient (Wildman–Crippen LogP) is 4.13. The maximum absolute atomic E-state index is 10.9. The van der Waals surface area contributed by atoms with Crippen LogP contribution in [0.3, 0.4) is 0 Å². The van der Waals surface area contributed by atoms with Crippen LogP contribution in [0.1, 0.15) is 56.7 Å². The summed E-state index contributed by atoms with van der Waals surface area (Å²) in [6, 6.07) is 5.62. The van der Waals surface area contributed by atoms with Gasteiger partial charge in [0.2, 0.25) is 0 Å². The zero-order valence-electron chi connectivity index (χ0n) is 12.1. The van der Waals surface area contributed by atoms with Gasteiger partial charge in [-0.25, -0.2) is 0 Å². The minimum Gasteiger partial charge on any atom is -0.310 e. The molecule has 0 fully saturated rings. The van der Waals surface area contributed by atoms with Gasteiger partial charge in [0.1, 0.15) is 0 Å². The fourth-order valence-corrected chi connectivity index (χ4v) is 2.08. The second-order valence-corrected chi connectivity index (χ2v) is 5.04. The van der Waals surface area contributed by atoms with Crippen LogP contribution in [0.4, 0.5) is 5.69 Å². The highest BCUT2D eigenvalue weighted by Crippen LogP contribution is 2.23. The van der Waals surface area contributed by atoms with Crippen molar-refractivity contribution in [2.75, 3.05) is 6.54 Å². The Morgan fingerprint density at radius 1 is 1.32 bits per heavy atom. The Hall–Kier alpha value is -1.42. The highest BCUT2D eigenvalue weighted by Gasteiger charge is 2.13. The molecule has 4 heteroatoms. The van der Waals surface area contributed by atoms with Crippen molar-refractivity contribution in [2.45, 2.75) is 52.5 Å². The second kappa shape index (κ2) is 7.89. The van der Waals surface area contributed by atoms with Gasteiger partial charge in [-0.05, 0) is 32.4 Å². The smallest absolute Gasteiger partial charge is 0.272 e. The lowest BCUT2D eigenvalue weighted by molar-refractivity contribution is -0.385. The molecule has 4 nitrogen and oxygen atoms in total. The molecule has 0 aromatic heterocycles. The number of hydrogen-bond acceptors (Lipinski definition) is 3. The second-order valence-electron chi connectivity index (χ2n) is 5.04. The van der Waals surface area contributed by atoms with Crippen LogP contribution in [0.5, 0.6) is 0 Å². The summed E-state index contributed by atoms with van der Waals surface area (Å²) in [5.41, 5.74) is 1.90. The number of nitrogens with one attached hydrogen (secondary N) is 1. The molecule has 1 N–H and O–H groups in total. The zero-order valence-corrected chi connectivity index (χ0v) is 12.1. The summed E-state index contributed by atoms with van der Waals surface area (Å²) >= 11 is 0. The van der Waals surface area contributed by atoms with E-state index in [0.29, 0.717) is 5.56 Å². The fraction of sp³-hybridized carbons (Fsp3) is 0.600. The summed E-state index contributed by atoms with van der Waals surface area (Å²) in [5.74, 6) is 0. The van der Waals surface area contributed by atoms with Crippen molar-refractivity contribution in [1.29, 1.82) is 0 Å². The van der Waals surface area contributed by atoms with Gasteiger partial charge >= 0.3 is 0 Å². The average molecular weight is 264 g/mol. The molecule has 0 saturated carbocycles. The summed E-state index contributed by atoms with van der Waals surface area (Å²) in [5, 5.41) is 14.3. The van der Waals surface area contributed by atoms with Crippen molar-refractivity contribution in [3.05, 3.63) is 39.4 Å². The van der Waals surface area contributed by atoms with Gasteiger partial charge in [0.15, 0.2) is 0 Å². The molecule has 0 radical (unpaired) electrons. The van der Waals surface area contributed by atoms with Gasteiger partial charge in [0.05, 0.1) is 4.92 Å². The number of nitrogens with zero attached hydrogens (tertiary/aromatic N) is 1. The molecule has 1 aromatic carbocycles. The number of aryl methyl sites for hydroxylation is 1. The number of hydrogen-bond donors (Lipinski definition) is 1. The Bertz CT molecular complexity index is 419. The summed E-state index contributed by atoms with van der Waals surface area (Å²) in [7, 11) is 0. The van der Waals surface area contributed by atoms with Crippen LogP contribution < -0.4 is 5.32 Å². The molecule has 0 heterocycles. The van der Waals surface area contributed by atoms with Gasteiger partial charge in [0.25, 0.3) is 5.69 Å². The molecule has 106 valence electrons. The normalized spacial score (nSPS) is 12.4. The minimum atomic E-state index is -0.313. The van der Waals surface area contributed by atoms with E-state index >= 15 is 0 Å². The van der Waals surface area contributed by atoms with Gasteiger partial charge in [-0.1, -0.05) is 38.3 Å². The van der Waals surface area contributed by atoms with Crippen LogP contribution in [-0.4, -0.2) is 11.5 Å². The van der Waals surface area contributed by atoms with Crippen LogP contribution in [0, 0.1) is 17.0 Å². The molecule has 0 amide bonds. The van der Waals surface area contributed by atoms with Crippen LogP contribution >= 0.6 is 0 Å². The maximum atomic E-state index is 10.9. The van der Waals surface area contributed by atoms with E-state index in [1.807, 2.05) is 19.1 Å². The lowest BCUT2D eigenvalue weighted by Crippen LogP contribution is -2.20. The zero-order chi connectivity index (χ0) is 14.3. The Morgan fingerprint density at radius 3 is 2.68 bits per heavy atom. The van der Waals surface area contributed by atoms with Crippen molar-refractivity contribution < 1.29 is 4.92 Å². The van der Waals surface area contributed by atoms with E-state index in [1.54, 1.807) is 13.0 Å². The maximum Gasteiger partial charge on any atom is 0.272 e. The Morgan fingerprint density at radius 2 is 2.05 bits per heavy atom. The van der Waals surface area contributed by atoms with Crippen LogP contribution in [0.2, 0.25) is 0 Å².